The molecular formula is C37H48N5O3-. The molecule has 0 saturated heterocycles. The number of aliphatic hydroxyl groups excluding tert-OH is 1. The second-order valence-corrected chi connectivity index (χ2v) is 12.5. The van der Waals surface area contributed by atoms with Gasteiger partial charge in [-0.15, -0.1) is 0 Å². The summed E-state index contributed by atoms with van der Waals surface area (Å²) in [7, 11) is 0. The van der Waals surface area contributed by atoms with Crippen LogP contribution in [0.3, 0.4) is 0 Å². The number of nitrogens with zero attached hydrogens (tertiary/aromatic N) is 2. The second kappa shape index (κ2) is 16.3. The molecule has 8 nitrogen and oxygen atoms in total. The summed E-state index contributed by atoms with van der Waals surface area (Å²) in [6, 6.07) is 16.5. The molecule has 0 saturated carbocycles. The minimum absolute atomic E-state index is 0.188. The highest BCUT2D eigenvalue weighted by atomic mass is 16.4. The number of carbonyl (C=O) groups is 1. The van der Waals surface area contributed by atoms with Crippen LogP contribution in [0.5, 0.6) is 0 Å². The molecule has 0 amide bonds. The highest BCUT2D eigenvalue weighted by molar-refractivity contribution is 5.87. The van der Waals surface area contributed by atoms with Crippen LogP contribution in [0.1, 0.15) is 87.7 Å². The maximum Gasteiger partial charge on any atom is 0.328 e. The predicted molar refractivity (Wildman–Crippen MR) is 184 cm³/mol. The number of aliphatic carboxylic acids is 1. The van der Waals surface area contributed by atoms with E-state index in [0.29, 0.717) is 37.9 Å². The van der Waals surface area contributed by atoms with Crippen LogP contribution >= 0.6 is 0 Å². The van der Waals surface area contributed by atoms with Gasteiger partial charge in [0.25, 0.3) is 0 Å². The normalized spacial score (nSPS) is 20.3. The first kappa shape index (κ1) is 32.4. The van der Waals surface area contributed by atoms with Crippen molar-refractivity contribution in [3.8, 4) is 0 Å². The van der Waals surface area contributed by atoms with E-state index in [1.165, 1.54) is 60.1 Å². The molecule has 45 heavy (non-hydrogen) atoms. The van der Waals surface area contributed by atoms with Gasteiger partial charge < -0.3 is 31.6 Å². The van der Waals surface area contributed by atoms with E-state index in [1.807, 2.05) is 18.3 Å². The van der Waals surface area contributed by atoms with Crippen molar-refractivity contribution >= 4 is 34.6 Å². The second-order valence-electron chi connectivity index (χ2n) is 12.5. The van der Waals surface area contributed by atoms with E-state index in [-0.39, 0.29) is 18.0 Å². The number of allylic oxidation sites excluding steroid dienone is 1. The molecule has 0 bridgehead atoms. The number of guanidine groups is 1. The van der Waals surface area contributed by atoms with Crippen LogP contribution in [0.4, 0.5) is 5.82 Å². The Bertz CT molecular complexity index is 1480. The molecule has 8 heteroatoms. The van der Waals surface area contributed by atoms with Crippen LogP contribution in [-0.4, -0.2) is 52.4 Å². The summed E-state index contributed by atoms with van der Waals surface area (Å²) in [5, 5.41) is 29.8. The molecule has 0 unspecified atom stereocenters. The van der Waals surface area contributed by atoms with E-state index in [4.69, 9.17) is 16.2 Å². The van der Waals surface area contributed by atoms with Crippen molar-refractivity contribution in [2.75, 3.05) is 13.2 Å². The average Bonchev–Trinajstić information content (AvgIpc) is 3.55. The Kier molecular flexibility index (Phi) is 11.7. The Morgan fingerprint density at radius 2 is 1.76 bits per heavy atom. The summed E-state index contributed by atoms with van der Waals surface area (Å²) < 4.78 is 0. The van der Waals surface area contributed by atoms with Gasteiger partial charge in [0.1, 0.15) is 0 Å². The number of hydrogen-bond donors (Lipinski definition) is 5. The van der Waals surface area contributed by atoms with Crippen LogP contribution in [-0.2, 0) is 4.79 Å². The van der Waals surface area contributed by atoms with Crippen LogP contribution in [0.2, 0.25) is 0 Å². The zero-order valence-corrected chi connectivity index (χ0v) is 26.2. The van der Waals surface area contributed by atoms with Crippen molar-refractivity contribution in [1.29, 1.82) is 0 Å². The number of carboxylic acids is 1. The molecule has 0 fully saturated rings. The first-order chi connectivity index (χ1) is 22.0. The Labute approximate surface area is 266 Å². The number of nitrogens with one attached hydrogen (secondary N) is 2. The third-order valence-corrected chi connectivity index (χ3v) is 9.29. The summed E-state index contributed by atoms with van der Waals surface area (Å²) in [4.78, 5) is 19.6. The number of aliphatic imine (C=N–C) groups is 1. The van der Waals surface area contributed by atoms with Crippen molar-refractivity contribution in [3.05, 3.63) is 88.9 Å². The van der Waals surface area contributed by atoms with Gasteiger partial charge >= 0.3 is 5.97 Å². The van der Waals surface area contributed by atoms with E-state index in [1.54, 1.807) is 0 Å². The first-order valence-electron chi connectivity index (χ1n) is 16.7. The summed E-state index contributed by atoms with van der Waals surface area (Å²) in [6.07, 6.45) is 19.4. The number of hydrogen-bond acceptors (Lipinski definition) is 5. The molecule has 4 atom stereocenters. The standard InChI is InChI=1S/C37H48N5O3/c38-37-40-20-18-33(42-37)32(25-36(44)45)34(41-35-15-11-19-39-35)24-29-17-16-28-22-26-12-8-9-13-27(26)23-31(28)30(29)14-7-5-3-1-2-4-6-10-21-43/h8-9,11-13,15-17,19,22-23,25,29-30,33-34,39,43H,1-7,10,14,18,20-21,24H2,(H,44,45)(H3,38,40,42)/q-1/b32-25+/t29-,30-,33+,34-/m0/s1. The number of benzene rings is 2. The van der Waals surface area contributed by atoms with E-state index < -0.39 is 5.97 Å². The molecule has 2 aliphatic rings. The number of rotatable bonds is 17. The minimum atomic E-state index is -0.983. The average molecular weight is 611 g/mol. The lowest BCUT2D eigenvalue weighted by Crippen LogP contribution is -2.47. The molecule has 1 aliphatic carbocycles. The highest BCUT2D eigenvalue weighted by Crippen LogP contribution is 2.44. The fourth-order valence-corrected chi connectivity index (χ4v) is 7.00. The number of aliphatic hydroxyl groups is 1. The molecule has 240 valence electrons. The maximum absolute atomic E-state index is 12.1. The van der Waals surface area contributed by atoms with Gasteiger partial charge in [-0.05, 0) is 77.1 Å². The fourth-order valence-electron chi connectivity index (χ4n) is 7.00. The van der Waals surface area contributed by atoms with Crippen molar-refractivity contribution in [2.24, 2.45) is 16.6 Å². The Morgan fingerprint density at radius 1 is 1.02 bits per heavy atom. The summed E-state index contributed by atoms with van der Waals surface area (Å²) in [5.74, 6) is 0.579. The summed E-state index contributed by atoms with van der Waals surface area (Å²) >= 11 is 0. The van der Waals surface area contributed by atoms with Crippen LogP contribution in [0.15, 0.2) is 77.4 Å². The molecule has 0 spiro atoms. The molecule has 0 radical (unpaired) electrons. The maximum atomic E-state index is 12.1. The molecule has 3 aromatic rings. The third kappa shape index (κ3) is 9.01. The monoisotopic (exact) mass is 610 g/mol. The molecule has 5 rings (SSSR count). The Morgan fingerprint density at radius 3 is 2.44 bits per heavy atom. The number of fused-ring (bicyclic) bond motifs is 2. The molecule has 1 aliphatic heterocycles. The van der Waals surface area contributed by atoms with Gasteiger partial charge in [0.2, 0.25) is 0 Å². The van der Waals surface area contributed by atoms with Gasteiger partial charge in [-0.2, -0.15) is 0 Å². The summed E-state index contributed by atoms with van der Waals surface area (Å²) in [6.45, 7) is 0.837. The van der Waals surface area contributed by atoms with E-state index in [2.05, 4.69) is 63.8 Å². The van der Waals surface area contributed by atoms with Gasteiger partial charge in [0.05, 0.1) is 6.04 Å². The van der Waals surface area contributed by atoms with E-state index >= 15 is 0 Å². The minimum Gasteiger partial charge on any atom is -0.478 e. The quantitative estimate of drug-likeness (QED) is 0.0794. The van der Waals surface area contributed by atoms with E-state index in [9.17, 15) is 9.90 Å². The number of unbranched alkanes of at least 4 members (excludes halogenated alkanes) is 7. The Balaban J connectivity index is 1.39. The van der Waals surface area contributed by atoms with Gasteiger partial charge in [-0.1, -0.05) is 112 Å². The molecule has 6 N–H and O–H groups in total. The Hall–Kier alpha value is -4.04. The van der Waals surface area contributed by atoms with Crippen LogP contribution in [0.25, 0.3) is 22.2 Å². The topological polar surface area (TPSA) is 138 Å². The van der Waals surface area contributed by atoms with Gasteiger partial charge in [0, 0.05) is 19.2 Å². The largest absolute Gasteiger partial charge is 0.478 e. The number of aromatic nitrogens is 1. The lowest BCUT2D eigenvalue weighted by molar-refractivity contribution is -0.131. The predicted octanol–water partition coefficient (Wildman–Crippen LogP) is 7.55. The zero-order valence-electron chi connectivity index (χ0n) is 26.2. The van der Waals surface area contributed by atoms with Gasteiger partial charge in [-0.25, -0.2) is 4.79 Å². The first-order valence-corrected chi connectivity index (χ1v) is 16.7. The molecule has 2 aromatic carbocycles. The molecule has 1 aromatic heterocycles. The van der Waals surface area contributed by atoms with E-state index in [0.717, 1.165) is 37.1 Å². The SMILES string of the molecule is NC1=NCC[C@H](/C(=C\C(=O)O)[C@H](C[C@@H]2C=Cc3cc4ccccc4cc3[C@H]2CCCCCCCCCCO)[N-]c2ccc[nH]2)N1. The van der Waals surface area contributed by atoms with Crippen molar-refractivity contribution in [2.45, 2.75) is 88.6 Å². The summed E-state index contributed by atoms with van der Waals surface area (Å²) in [5.41, 5.74) is 9.44. The number of aromatic amines is 1. The smallest absolute Gasteiger partial charge is 0.328 e. The fraction of sp³-hybridized carbons (Fsp3) is 0.459. The lowest BCUT2D eigenvalue weighted by Gasteiger charge is -2.39. The van der Waals surface area contributed by atoms with Crippen molar-refractivity contribution in [3.63, 3.8) is 0 Å². The lowest BCUT2D eigenvalue weighted by atomic mass is 9.72. The van der Waals surface area contributed by atoms with Gasteiger partial charge in [0.15, 0.2) is 5.96 Å². The number of carboxylic acid groups (broad SMARTS) is 1. The zero-order chi connectivity index (χ0) is 31.4. The van der Waals surface area contributed by atoms with Crippen molar-refractivity contribution in [1.82, 2.24) is 10.3 Å². The van der Waals surface area contributed by atoms with Crippen LogP contribution < -0.4 is 11.1 Å². The van der Waals surface area contributed by atoms with Gasteiger partial charge in [-0.3, -0.25) is 4.99 Å². The highest BCUT2D eigenvalue weighted by Gasteiger charge is 2.31. The third-order valence-electron chi connectivity index (χ3n) is 9.29. The number of nitrogens with two attached hydrogens (primary N) is 1. The van der Waals surface area contributed by atoms with Crippen LogP contribution in [0, 0.1) is 5.92 Å². The molecular weight excluding hydrogens is 562 g/mol. The number of H-pyrrole nitrogens is 1. The molecule has 2 heterocycles. The van der Waals surface area contributed by atoms with Crippen molar-refractivity contribution < 1.29 is 15.0 Å².